The molecule has 2 rings (SSSR count). The summed E-state index contributed by atoms with van der Waals surface area (Å²) in [6.07, 6.45) is 3.00. The molecule has 1 heterocycles. The van der Waals surface area contributed by atoms with Crippen LogP contribution in [0.3, 0.4) is 0 Å². The van der Waals surface area contributed by atoms with Crippen molar-refractivity contribution in [1.82, 2.24) is 9.78 Å². The van der Waals surface area contributed by atoms with E-state index < -0.39 is 46.7 Å². The van der Waals surface area contributed by atoms with E-state index in [1.54, 1.807) is 12.2 Å². The van der Waals surface area contributed by atoms with Gasteiger partial charge in [0.05, 0.1) is 10.7 Å². The second-order valence-electron chi connectivity index (χ2n) is 4.50. The van der Waals surface area contributed by atoms with Gasteiger partial charge in [0, 0.05) is 6.20 Å². The molecule has 23 heavy (non-hydrogen) atoms. The van der Waals surface area contributed by atoms with Gasteiger partial charge in [-0.05, 0) is 22.4 Å². The summed E-state index contributed by atoms with van der Waals surface area (Å²) in [5.41, 5.74) is -1.39. The van der Waals surface area contributed by atoms with Crippen molar-refractivity contribution in [2.75, 3.05) is 5.32 Å². The van der Waals surface area contributed by atoms with E-state index >= 15 is 0 Å². The van der Waals surface area contributed by atoms with E-state index in [1.165, 1.54) is 17.1 Å². The molecule has 1 unspecified atom stereocenters. The lowest BCUT2D eigenvalue weighted by atomic mass is 10.2. The summed E-state index contributed by atoms with van der Waals surface area (Å²) in [5.74, 6) is -11.7. The molecule has 0 bridgehead atoms. The lowest BCUT2D eigenvalue weighted by Crippen LogP contribution is -2.27. The molecule has 0 spiro atoms. The van der Waals surface area contributed by atoms with Crippen LogP contribution in [0, 0.1) is 29.1 Å². The van der Waals surface area contributed by atoms with Gasteiger partial charge in [-0.2, -0.15) is 5.10 Å². The molecule has 1 atom stereocenters. The van der Waals surface area contributed by atoms with Gasteiger partial charge in [-0.1, -0.05) is 6.92 Å². The average Bonchev–Trinajstić information content (AvgIpc) is 2.94. The highest BCUT2D eigenvalue weighted by Gasteiger charge is 2.29. The number of aromatic nitrogens is 2. The molecule has 0 fully saturated rings. The van der Waals surface area contributed by atoms with E-state index in [0.29, 0.717) is 4.47 Å². The van der Waals surface area contributed by atoms with Crippen molar-refractivity contribution in [2.45, 2.75) is 19.4 Å². The third-order valence-electron chi connectivity index (χ3n) is 3.04. The highest BCUT2D eigenvalue weighted by atomic mass is 79.9. The van der Waals surface area contributed by atoms with Crippen LogP contribution < -0.4 is 5.32 Å². The monoisotopic (exact) mass is 397 g/mol. The molecule has 0 radical (unpaired) electrons. The third kappa shape index (κ3) is 3.21. The fraction of sp³-hybridized carbons (Fsp3) is 0.231. The van der Waals surface area contributed by atoms with Crippen LogP contribution in [-0.4, -0.2) is 15.7 Å². The quantitative estimate of drug-likeness (QED) is 0.482. The van der Waals surface area contributed by atoms with E-state index in [9.17, 15) is 26.7 Å². The average molecular weight is 398 g/mol. The highest BCUT2D eigenvalue weighted by Crippen LogP contribution is 2.28. The number of carbonyl (C=O) groups is 1. The van der Waals surface area contributed by atoms with Crippen molar-refractivity contribution >= 4 is 27.5 Å². The summed E-state index contributed by atoms with van der Waals surface area (Å²) in [7, 11) is 0. The molecule has 0 aliphatic carbocycles. The molecule has 1 amide bonds. The third-order valence-corrected chi connectivity index (χ3v) is 3.45. The van der Waals surface area contributed by atoms with Crippen molar-refractivity contribution in [2.24, 2.45) is 0 Å². The second-order valence-corrected chi connectivity index (χ2v) is 5.41. The molecule has 0 aliphatic heterocycles. The van der Waals surface area contributed by atoms with Gasteiger partial charge in [-0.3, -0.25) is 9.48 Å². The summed E-state index contributed by atoms with van der Waals surface area (Å²) >= 11 is 3.12. The van der Waals surface area contributed by atoms with E-state index in [2.05, 4.69) is 21.0 Å². The Hall–Kier alpha value is -1.97. The number of amides is 1. The van der Waals surface area contributed by atoms with Crippen LogP contribution in [0.1, 0.15) is 19.4 Å². The van der Waals surface area contributed by atoms with E-state index in [1.807, 2.05) is 0 Å². The zero-order valence-corrected chi connectivity index (χ0v) is 13.1. The molecule has 1 N–H and O–H groups in total. The molecule has 124 valence electrons. The molecule has 2 aromatic rings. The number of anilines is 1. The molecule has 1 aromatic heterocycles. The van der Waals surface area contributed by atoms with Crippen LogP contribution in [0.2, 0.25) is 0 Å². The van der Waals surface area contributed by atoms with Crippen LogP contribution in [-0.2, 0) is 4.79 Å². The Morgan fingerprint density at radius 2 is 1.70 bits per heavy atom. The minimum Gasteiger partial charge on any atom is -0.319 e. The molecular formula is C13H9BrF5N3O. The lowest BCUT2D eigenvalue weighted by Gasteiger charge is -2.16. The van der Waals surface area contributed by atoms with Gasteiger partial charge < -0.3 is 5.32 Å². The van der Waals surface area contributed by atoms with Crippen molar-refractivity contribution in [3.05, 3.63) is 46.0 Å². The van der Waals surface area contributed by atoms with Crippen LogP contribution in [0.4, 0.5) is 27.6 Å². The smallest absolute Gasteiger partial charge is 0.249 e. The van der Waals surface area contributed by atoms with Crippen molar-refractivity contribution < 1.29 is 26.7 Å². The molecule has 0 saturated heterocycles. The van der Waals surface area contributed by atoms with Gasteiger partial charge in [0.1, 0.15) is 11.7 Å². The summed E-state index contributed by atoms with van der Waals surface area (Å²) in [4.78, 5) is 12.1. The summed E-state index contributed by atoms with van der Waals surface area (Å²) < 4.78 is 68.1. The topological polar surface area (TPSA) is 46.9 Å². The Bertz CT molecular complexity index is 735. The van der Waals surface area contributed by atoms with Gasteiger partial charge >= 0.3 is 0 Å². The maximum absolute atomic E-state index is 13.6. The number of hydrogen-bond acceptors (Lipinski definition) is 2. The minimum atomic E-state index is -2.29. The number of nitrogens with zero attached hydrogens (tertiary/aromatic N) is 2. The first-order chi connectivity index (χ1) is 10.8. The fourth-order valence-electron chi connectivity index (χ4n) is 1.90. The normalized spacial score (nSPS) is 12.3. The van der Waals surface area contributed by atoms with Gasteiger partial charge in [0.25, 0.3) is 0 Å². The zero-order chi connectivity index (χ0) is 17.3. The summed E-state index contributed by atoms with van der Waals surface area (Å²) in [6.45, 7) is 1.60. The zero-order valence-electron chi connectivity index (χ0n) is 11.5. The number of halogens is 6. The van der Waals surface area contributed by atoms with Gasteiger partial charge in [0.15, 0.2) is 23.3 Å². The van der Waals surface area contributed by atoms with Crippen LogP contribution in [0.5, 0.6) is 0 Å². The van der Waals surface area contributed by atoms with E-state index in [-0.39, 0.29) is 6.42 Å². The first kappa shape index (κ1) is 17.4. The Kier molecular flexibility index (Phi) is 5.03. The molecular weight excluding hydrogens is 389 g/mol. The Balaban J connectivity index is 2.37. The molecule has 4 nitrogen and oxygen atoms in total. The van der Waals surface area contributed by atoms with E-state index in [0.717, 1.165) is 0 Å². The molecule has 0 aliphatic rings. The Labute approximate surface area is 135 Å². The van der Waals surface area contributed by atoms with Gasteiger partial charge in [-0.25, -0.2) is 22.0 Å². The number of nitrogens with one attached hydrogen (secondary N) is 1. The largest absolute Gasteiger partial charge is 0.319 e. The summed E-state index contributed by atoms with van der Waals surface area (Å²) in [6, 6.07) is -0.990. The standard InChI is InChI=1S/C13H9BrF5N3O/c1-2-6(22-4-5(14)3-20-22)13(23)21-12-10(18)8(16)7(15)9(17)11(12)19/h3-4,6H,2H2,1H3,(H,21,23). The second kappa shape index (κ2) is 6.65. The predicted molar refractivity (Wildman–Crippen MR) is 74.1 cm³/mol. The predicted octanol–water partition coefficient (Wildman–Crippen LogP) is 3.93. The van der Waals surface area contributed by atoms with E-state index in [4.69, 9.17) is 0 Å². The maximum Gasteiger partial charge on any atom is 0.249 e. The number of carbonyl (C=O) groups excluding carboxylic acids is 1. The van der Waals surface area contributed by atoms with Crippen molar-refractivity contribution in [3.63, 3.8) is 0 Å². The van der Waals surface area contributed by atoms with Crippen LogP contribution in [0.25, 0.3) is 0 Å². The van der Waals surface area contributed by atoms with Crippen LogP contribution >= 0.6 is 15.9 Å². The minimum absolute atomic E-state index is 0.176. The van der Waals surface area contributed by atoms with Gasteiger partial charge in [0.2, 0.25) is 11.7 Å². The first-order valence-electron chi connectivity index (χ1n) is 6.29. The Morgan fingerprint density at radius 1 is 1.17 bits per heavy atom. The fourth-order valence-corrected chi connectivity index (χ4v) is 2.20. The van der Waals surface area contributed by atoms with Crippen LogP contribution in [0.15, 0.2) is 16.9 Å². The van der Waals surface area contributed by atoms with Gasteiger partial charge in [-0.15, -0.1) is 0 Å². The van der Waals surface area contributed by atoms with Crippen molar-refractivity contribution in [3.8, 4) is 0 Å². The number of hydrogen-bond donors (Lipinski definition) is 1. The SMILES string of the molecule is CCC(C(=O)Nc1c(F)c(F)c(F)c(F)c1F)n1cc(Br)cn1. The molecule has 10 heteroatoms. The highest BCUT2D eigenvalue weighted by molar-refractivity contribution is 9.10. The number of rotatable bonds is 4. The Morgan fingerprint density at radius 3 is 2.13 bits per heavy atom. The molecule has 1 aromatic carbocycles. The van der Waals surface area contributed by atoms with Crippen molar-refractivity contribution in [1.29, 1.82) is 0 Å². The summed E-state index contributed by atoms with van der Waals surface area (Å²) in [5, 5.41) is 5.59. The first-order valence-corrected chi connectivity index (χ1v) is 7.09. The maximum atomic E-state index is 13.6. The molecule has 0 saturated carbocycles. The lowest BCUT2D eigenvalue weighted by molar-refractivity contribution is -0.119. The number of benzene rings is 1.